The van der Waals surface area contributed by atoms with E-state index in [1.54, 1.807) is 10.9 Å². The maximum absolute atomic E-state index is 11.9. The van der Waals surface area contributed by atoms with E-state index < -0.39 is 6.61 Å². The van der Waals surface area contributed by atoms with Gasteiger partial charge in [-0.3, -0.25) is 4.79 Å². The first-order valence-corrected chi connectivity index (χ1v) is 5.84. The van der Waals surface area contributed by atoms with E-state index in [4.69, 9.17) is 0 Å². The van der Waals surface area contributed by atoms with Gasteiger partial charge in [-0.25, -0.2) is 4.98 Å². The Kier molecular flexibility index (Phi) is 3.83. The van der Waals surface area contributed by atoms with Crippen LogP contribution in [0.2, 0.25) is 0 Å². The lowest BCUT2D eigenvalue weighted by atomic mass is 10.3. The van der Waals surface area contributed by atoms with Crippen LogP contribution in [0.5, 0.6) is 5.75 Å². The summed E-state index contributed by atoms with van der Waals surface area (Å²) < 4.78 is 28.0. The number of nitrogens with one attached hydrogen (secondary N) is 1. The fraction of sp³-hybridized carbons (Fsp3) is 0.0909. The molecule has 0 aliphatic rings. The molecule has 0 atom stereocenters. The number of nitrogens with zero attached hydrogens (tertiary/aromatic N) is 1. The second kappa shape index (κ2) is 5.54. The smallest absolute Gasteiger partial charge is 0.387 e. The monoisotopic (exact) mass is 270 g/mol. The van der Waals surface area contributed by atoms with Crippen molar-refractivity contribution in [2.75, 3.05) is 5.32 Å². The van der Waals surface area contributed by atoms with Crippen LogP contribution < -0.4 is 10.1 Å². The molecular formula is C11H8F2N2O2S. The zero-order valence-corrected chi connectivity index (χ0v) is 9.79. The van der Waals surface area contributed by atoms with Crippen molar-refractivity contribution in [2.24, 2.45) is 0 Å². The SMILES string of the molecule is O=C(Nc1ccc(OC(F)F)cc1)c1cscn1. The highest BCUT2D eigenvalue weighted by molar-refractivity contribution is 7.07. The number of benzene rings is 1. The Labute approximate surface area is 105 Å². The number of rotatable bonds is 4. The third-order valence-corrected chi connectivity index (χ3v) is 2.59. The topological polar surface area (TPSA) is 51.2 Å². The van der Waals surface area contributed by atoms with Crippen LogP contribution in [0, 0.1) is 0 Å². The number of carbonyl (C=O) groups excluding carboxylic acids is 1. The first-order valence-electron chi connectivity index (χ1n) is 4.89. The number of anilines is 1. The van der Waals surface area contributed by atoms with E-state index in [2.05, 4.69) is 15.0 Å². The van der Waals surface area contributed by atoms with E-state index in [1.165, 1.54) is 35.6 Å². The number of alkyl halides is 2. The van der Waals surface area contributed by atoms with E-state index in [1.807, 2.05) is 0 Å². The number of amides is 1. The molecule has 0 unspecified atom stereocenters. The largest absolute Gasteiger partial charge is 0.435 e. The molecule has 1 amide bonds. The van der Waals surface area contributed by atoms with E-state index in [9.17, 15) is 13.6 Å². The molecule has 2 rings (SSSR count). The molecule has 1 aromatic carbocycles. The number of hydrogen-bond acceptors (Lipinski definition) is 4. The van der Waals surface area contributed by atoms with Crippen LogP contribution in [0.3, 0.4) is 0 Å². The molecule has 94 valence electrons. The molecule has 0 spiro atoms. The second-order valence-corrected chi connectivity index (χ2v) is 3.95. The molecule has 0 bridgehead atoms. The van der Waals surface area contributed by atoms with E-state index in [0.29, 0.717) is 11.4 Å². The normalized spacial score (nSPS) is 10.4. The fourth-order valence-corrected chi connectivity index (χ4v) is 1.77. The number of thiazole rings is 1. The second-order valence-electron chi connectivity index (χ2n) is 3.23. The van der Waals surface area contributed by atoms with Crippen LogP contribution >= 0.6 is 11.3 Å². The average Bonchev–Trinajstić information content (AvgIpc) is 2.84. The van der Waals surface area contributed by atoms with Crippen molar-refractivity contribution in [1.82, 2.24) is 4.98 Å². The first kappa shape index (κ1) is 12.4. The molecule has 0 aliphatic carbocycles. The lowest BCUT2D eigenvalue weighted by Crippen LogP contribution is -2.12. The Morgan fingerprint density at radius 3 is 2.61 bits per heavy atom. The Morgan fingerprint density at radius 2 is 2.06 bits per heavy atom. The van der Waals surface area contributed by atoms with Crippen LogP contribution in [-0.2, 0) is 0 Å². The molecule has 0 aliphatic heterocycles. The summed E-state index contributed by atoms with van der Waals surface area (Å²) in [5, 5.41) is 4.20. The van der Waals surface area contributed by atoms with E-state index >= 15 is 0 Å². The maximum Gasteiger partial charge on any atom is 0.387 e. The molecule has 0 saturated carbocycles. The van der Waals surface area contributed by atoms with E-state index in [0.717, 1.165) is 0 Å². The molecule has 4 nitrogen and oxygen atoms in total. The number of carbonyl (C=O) groups is 1. The maximum atomic E-state index is 11.9. The molecule has 1 aromatic heterocycles. The average molecular weight is 270 g/mol. The van der Waals surface area contributed by atoms with Gasteiger partial charge in [-0.05, 0) is 24.3 Å². The van der Waals surface area contributed by atoms with Crippen molar-refractivity contribution in [2.45, 2.75) is 6.61 Å². The van der Waals surface area contributed by atoms with Gasteiger partial charge in [0.1, 0.15) is 11.4 Å². The van der Waals surface area contributed by atoms with Gasteiger partial charge >= 0.3 is 6.61 Å². The molecule has 2 aromatic rings. The van der Waals surface area contributed by atoms with Gasteiger partial charge in [-0.1, -0.05) is 0 Å². The molecule has 0 fully saturated rings. The first-order chi connectivity index (χ1) is 8.65. The van der Waals surface area contributed by atoms with Crippen molar-refractivity contribution in [3.05, 3.63) is 40.8 Å². The van der Waals surface area contributed by atoms with E-state index in [-0.39, 0.29) is 11.7 Å². The summed E-state index contributed by atoms with van der Waals surface area (Å²) in [6.07, 6.45) is 0. The van der Waals surface area contributed by atoms with Gasteiger partial charge in [0.15, 0.2) is 0 Å². The highest BCUT2D eigenvalue weighted by atomic mass is 32.1. The van der Waals surface area contributed by atoms with Crippen molar-refractivity contribution in [3.8, 4) is 5.75 Å². The van der Waals surface area contributed by atoms with Crippen LogP contribution in [0.1, 0.15) is 10.5 Å². The molecule has 1 N–H and O–H groups in total. The minimum absolute atomic E-state index is 0.0386. The molecule has 0 radical (unpaired) electrons. The van der Waals surface area contributed by atoms with Gasteiger partial charge in [0.2, 0.25) is 0 Å². The fourth-order valence-electron chi connectivity index (χ4n) is 1.24. The zero-order chi connectivity index (χ0) is 13.0. The Morgan fingerprint density at radius 1 is 1.33 bits per heavy atom. The van der Waals surface area contributed by atoms with Gasteiger partial charge in [0.25, 0.3) is 5.91 Å². The summed E-state index contributed by atoms with van der Waals surface area (Å²) in [7, 11) is 0. The van der Waals surface area contributed by atoms with Crippen molar-refractivity contribution >= 4 is 22.9 Å². The third-order valence-electron chi connectivity index (χ3n) is 2.00. The number of halogens is 2. The van der Waals surface area contributed by atoms with Gasteiger partial charge in [0, 0.05) is 11.1 Å². The Balaban J connectivity index is 2.00. The highest BCUT2D eigenvalue weighted by Gasteiger charge is 2.08. The minimum atomic E-state index is -2.86. The summed E-state index contributed by atoms with van der Waals surface area (Å²) in [6.45, 7) is -2.86. The highest BCUT2D eigenvalue weighted by Crippen LogP contribution is 2.18. The van der Waals surface area contributed by atoms with Crippen molar-refractivity contribution in [3.63, 3.8) is 0 Å². The van der Waals surface area contributed by atoms with Gasteiger partial charge in [0.05, 0.1) is 5.51 Å². The van der Waals surface area contributed by atoms with Gasteiger partial charge in [-0.2, -0.15) is 8.78 Å². The van der Waals surface area contributed by atoms with Crippen molar-refractivity contribution in [1.29, 1.82) is 0 Å². The summed E-state index contributed by atoms with van der Waals surface area (Å²) in [5.74, 6) is -0.310. The Bertz CT molecular complexity index is 514. The van der Waals surface area contributed by atoms with Gasteiger partial charge < -0.3 is 10.1 Å². The van der Waals surface area contributed by atoms with Crippen LogP contribution in [0.25, 0.3) is 0 Å². The predicted molar refractivity (Wildman–Crippen MR) is 63.1 cm³/mol. The van der Waals surface area contributed by atoms with Crippen LogP contribution in [-0.4, -0.2) is 17.5 Å². The lowest BCUT2D eigenvalue weighted by Gasteiger charge is -2.06. The summed E-state index contributed by atoms with van der Waals surface area (Å²) >= 11 is 1.31. The summed E-state index contributed by atoms with van der Waals surface area (Å²) in [5.41, 5.74) is 2.34. The standard InChI is InChI=1S/C11H8F2N2O2S/c12-11(13)17-8-3-1-7(2-4-8)15-10(16)9-5-18-6-14-9/h1-6,11H,(H,15,16). The molecule has 18 heavy (non-hydrogen) atoms. The lowest BCUT2D eigenvalue weighted by molar-refractivity contribution is -0.0498. The quantitative estimate of drug-likeness (QED) is 0.929. The number of aromatic nitrogens is 1. The number of ether oxygens (including phenoxy) is 1. The third kappa shape index (κ3) is 3.24. The summed E-state index contributed by atoms with van der Waals surface area (Å²) in [4.78, 5) is 15.5. The van der Waals surface area contributed by atoms with Crippen molar-refractivity contribution < 1.29 is 18.3 Å². The predicted octanol–water partition coefficient (Wildman–Crippen LogP) is 3.00. The van der Waals surface area contributed by atoms with Crippen LogP contribution in [0.4, 0.5) is 14.5 Å². The minimum Gasteiger partial charge on any atom is -0.435 e. The molecule has 0 saturated heterocycles. The molecule has 7 heteroatoms. The summed E-state index contributed by atoms with van der Waals surface area (Å²) in [6, 6.07) is 5.65. The molecular weight excluding hydrogens is 262 g/mol. The van der Waals surface area contributed by atoms with Crippen LogP contribution in [0.15, 0.2) is 35.2 Å². The van der Waals surface area contributed by atoms with Gasteiger partial charge in [-0.15, -0.1) is 11.3 Å². The Hall–Kier alpha value is -2.02. The zero-order valence-electron chi connectivity index (χ0n) is 8.97. The number of hydrogen-bond donors (Lipinski definition) is 1. The molecule has 1 heterocycles.